The largest absolute Gasteiger partial charge is 0.480 e. The lowest BCUT2D eigenvalue weighted by molar-refractivity contribution is -0.146. The molecule has 0 saturated heterocycles. The Morgan fingerprint density at radius 1 is 1.32 bits per heavy atom. The van der Waals surface area contributed by atoms with Gasteiger partial charge in [-0.3, -0.25) is 0 Å². The summed E-state index contributed by atoms with van der Waals surface area (Å²) in [7, 11) is 0. The molecule has 110 valence electrons. The molecule has 5 heteroatoms. The molecule has 0 aromatic heterocycles. The van der Waals surface area contributed by atoms with Crippen molar-refractivity contribution in [1.29, 1.82) is 0 Å². The van der Waals surface area contributed by atoms with Gasteiger partial charge in [-0.15, -0.1) is 0 Å². The van der Waals surface area contributed by atoms with Gasteiger partial charge in [-0.2, -0.15) is 0 Å². The van der Waals surface area contributed by atoms with Crippen LogP contribution in [0.2, 0.25) is 0 Å². The molecule has 0 aromatic rings. The summed E-state index contributed by atoms with van der Waals surface area (Å²) in [6.07, 6.45) is 3.61. The van der Waals surface area contributed by atoms with E-state index in [1.165, 1.54) is 0 Å². The average Bonchev–Trinajstić information content (AvgIpc) is 2.31. The number of carboxylic acid groups (broad SMARTS) is 1. The van der Waals surface area contributed by atoms with E-state index < -0.39 is 11.5 Å². The second-order valence-corrected chi connectivity index (χ2v) is 6.13. The highest BCUT2D eigenvalue weighted by molar-refractivity contribution is 5.86. The fourth-order valence-electron chi connectivity index (χ4n) is 2.38. The van der Waals surface area contributed by atoms with E-state index in [9.17, 15) is 14.7 Å². The van der Waals surface area contributed by atoms with Crippen molar-refractivity contribution in [2.24, 2.45) is 11.8 Å². The SMILES string of the molecule is CC(C)CCNC(=O)NC1(C(=O)O)CCC(C)CC1. The van der Waals surface area contributed by atoms with Crippen molar-refractivity contribution < 1.29 is 14.7 Å². The van der Waals surface area contributed by atoms with Crippen molar-refractivity contribution in [3.8, 4) is 0 Å². The van der Waals surface area contributed by atoms with Crippen LogP contribution in [0.1, 0.15) is 52.9 Å². The average molecular weight is 270 g/mol. The third-order valence-electron chi connectivity index (χ3n) is 3.90. The highest BCUT2D eigenvalue weighted by Gasteiger charge is 2.42. The van der Waals surface area contributed by atoms with Crippen molar-refractivity contribution in [1.82, 2.24) is 10.6 Å². The Kier molecular flexibility index (Phi) is 5.63. The van der Waals surface area contributed by atoms with Crippen LogP contribution in [0.25, 0.3) is 0 Å². The molecule has 3 N–H and O–H groups in total. The van der Waals surface area contributed by atoms with Gasteiger partial charge in [-0.05, 0) is 43.9 Å². The third-order valence-corrected chi connectivity index (χ3v) is 3.90. The number of carbonyl (C=O) groups is 2. The summed E-state index contributed by atoms with van der Waals surface area (Å²) in [5.41, 5.74) is -1.07. The quantitative estimate of drug-likeness (QED) is 0.717. The smallest absolute Gasteiger partial charge is 0.329 e. The second kappa shape index (κ2) is 6.78. The van der Waals surface area contributed by atoms with Crippen LogP contribution in [0.5, 0.6) is 0 Å². The number of urea groups is 1. The first-order chi connectivity index (χ1) is 8.85. The van der Waals surface area contributed by atoms with Crippen molar-refractivity contribution in [3.63, 3.8) is 0 Å². The Morgan fingerprint density at radius 3 is 2.37 bits per heavy atom. The first-order valence-electron chi connectivity index (χ1n) is 7.15. The molecule has 1 fully saturated rings. The number of rotatable bonds is 5. The van der Waals surface area contributed by atoms with Gasteiger partial charge in [-0.1, -0.05) is 20.8 Å². The van der Waals surface area contributed by atoms with Gasteiger partial charge in [0.15, 0.2) is 0 Å². The summed E-state index contributed by atoms with van der Waals surface area (Å²) >= 11 is 0. The van der Waals surface area contributed by atoms with Gasteiger partial charge in [0, 0.05) is 6.54 Å². The lowest BCUT2D eigenvalue weighted by Crippen LogP contribution is -2.58. The fraction of sp³-hybridized carbons (Fsp3) is 0.857. The summed E-state index contributed by atoms with van der Waals surface area (Å²) in [6, 6.07) is -0.363. The van der Waals surface area contributed by atoms with Crippen LogP contribution in [0.15, 0.2) is 0 Å². The van der Waals surface area contributed by atoms with E-state index in [0.717, 1.165) is 19.3 Å². The lowest BCUT2D eigenvalue weighted by atomic mass is 9.77. The summed E-state index contributed by atoms with van der Waals surface area (Å²) < 4.78 is 0. The summed E-state index contributed by atoms with van der Waals surface area (Å²) in [5.74, 6) is 0.140. The molecule has 0 heterocycles. The second-order valence-electron chi connectivity index (χ2n) is 6.13. The number of carboxylic acids is 1. The Labute approximate surface area is 115 Å². The maximum atomic E-state index is 11.8. The van der Waals surface area contributed by atoms with Crippen LogP contribution in [-0.2, 0) is 4.79 Å². The summed E-state index contributed by atoms with van der Waals surface area (Å²) in [6.45, 7) is 6.87. The van der Waals surface area contributed by atoms with Crippen LogP contribution in [0.3, 0.4) is 0 Å². The van der Waals surface area contributed by atoms with Crippen molar-refractivity contribution in [2.75, 3.05) is 6.54 Å². The van der Waals surface area contributed by atoms with Crippen LogP contribution in [-0.4, -0.2) is 29.2 Å². The van der Waals surface area contributed by atoms with Gasteiger partial charge >= 0.3 is 12.0 Å². The number of carbonyl (C=O) groups excluding carboxylic acids is 1. The van der Waals surface area contributed by atoms with Gasteiger partial charge < -0.3 is 15.7 Å². The molecular formula is C14H26N2O3. The zero-order chi connectivity index (χ0) is 14.5. The number of hydrogen-bond acceptors (Lipinski definition) is 2. The molecule has 19 heavy (non-hydrogen) atoms. The van der Waals surface area contributed by atoms with Gasteiger partial charge in [0.05, 0.1) is 0 Å². The van der Waals surface area contributed by atoms with Gasteiger partial charge in [0.2, 0.25) is 0 Å². The van der Waals surface area contributed by atoms with Crippen LogP contribution in [0.4, 0.5) is 4.79 Å². The molecule has 0 spiro atoms. The van der Waals surface area contributed by atoms with E-state index >= 15 is 0 Å². The van der Waals surface area contributed by atoms with E-state index in [4.69, 9.17) is 0 Å². The molecule has 0 bridgehead atoms. The molecule has 5 nitrogen and oxygen atoms in total. The van der Waals surface area contributed by atoms with Crippen LogP contribution < -0.4 is 10.6 Å². The van der Waals surface area contributed by atoms with E-state index in [-0.39, 0.29) is 6.03 Å². The van der Waals surface area contributed by atoms with Gasteiger partial charge in [0.1, 0.15) is 5.54 Å². The maximum absolute atomic E-state index is 11.8. The topological polar surface area (TPSA) is 78.4 Å². The van der Waals surface area contributed by atoms with Crippen molar-refractivity contribution in [3.05, 3.63) is 0 Å². The lowest BCUT2D eigenvalue weighted by Gasteiger charge is -2.36. The minimum Gasteiger partial charge on any atom is -0.480 e. The summed E-state index contributed by atoms with van der Waals surface area (Å²) in [5, 5.41) is 14.8. The molecule has 0 radical (unpaired) electrons. The fourth-order valence-corrected chi connectivity index (χ4v) is 2.38. The Bertz CT molecular complexity index is 321. The molecule has 1 aliphatic rings. The third kappa shape index (κ3) is 4.73. The zero-order valence-corrected chi connectivity index (χ0v) is 12.2. The van der Waals surface area contributed by atoms with Crippen LogP contribution >= 0.6 is 0 Å². The summed E-state index contributed by atoms with van der Waals surface area (Å²) in [4.78, 5) is 23.3. The maximum Gasteiger partial charge on any atom is 0.329 e. The number of hydrogen-bond donors (Lipinski definition) is 3. The minimum atomic E-state index is -1.07. The molecule has 0 unspecified atom stereocenters. The monoisotopic (exact) mass is 270 g/mol. The van der Waals surface area contributed by atoms with E-state index in [1.807, 2.05) is 0 Å². The molecule has 1 rings (SSSR count). The first-order valence-corrected chi connectivity index (χ1v) is 7.15. The molecule has 1 saturated carbocycles. The zero-order valence-electron chi connectivity index (χ0n) is 12.2. The Morgan fingerprint density at radius 2 is 1.89 bits per heavy atom. The number of nitrogens with one attached hydrogen (secondary N) is 2. The van der Waals surface area contributed by atoms with E-state index in [1.54, 1.807) is 0 Å². The molecule has 2 amide bonds. The standard InChI is InChI=1S/C14H26N2O3/c1-10(2)6-9-15-13(19)16-14(12(17)18)7-4-11(3)5-8-14/h10-11H,4-9H2,1-3H3,(H,17,18)(H2,15,16,19). The Balaban J connectivity index is 2.50. The van der Waals surface area contributed by atoms with Crippen molar-refractivity contribution in [2.45, 2.75) is 58.4 Å². The van der Waals surface area contributed by atoms with Gasteiger partial charge in [-0.25, -0.2) is 9.59 Å². The molecule has 1 aliphatic carbocycles. The highest BCUT2D eigenvalue weighted by atomic mass is 16.4. The predicted molar refractivity (Wildman–Crippen MR) is 74.0 cm³/mol. The van der Waals surface area contributed by atoms with Gasteiger partial charge in [0.25, 0.3) is 0 Å². The normalized spacial score (nSPS) is 27.1. The first kappa shape index (κ1) is 15.8. The van der Waals surface area contributed by atoms with E-state index in [0.29, 0.717) is 31.2 Å². The minimum absolute atomic E-state index is 0.363. The predicted octanol–water partition coefficient (Wildman–Crippen LogP) is 2.37. The molecule has 0 atom stereocenters. The molecule has 0 aromatic carbocycles. The number of aliphatic carboxylic acids is 1. The molecular weight excluding hydrogens is 244 g/mol. The number of amides is 2. The molecule has 0 aliphatic heterocycles. The Hall–Kier alpha value is -1.26. The van der Waals surface area contributed by atoms with Crippen LogP contribution in [0, 0.1) is 11.8 Å². The highest BCUT2D eigenvalue weighted by Crippen LogP contribution is 2.32. The van der Waals surface area contributed by atoms with Crippen molar-refractivity contribution >= 4 is 12.0 Å². The van der Waals surface area contributed by atoms with E-state index in [2.05, 4.69) is 31.4 Å².